The van der Waals surface area contributed by atoms with Gasteiger partial charge < -0.3 is 14.7 Å². The maximum absolute atomic E-state index is 11.5. The molecule has 2 fully saturated rings. The van der Waals surface area contributed by atoms with Crippen LogP contribution >= 0.6 is 0 Å². The molecule has 0 saturated carbocycles. The summed E-state index contributed by atoms with van der Waals surface area (Å²) in [5.74, 6) is 0.162. The third-order valence-corrected chi connectivity index (χ3v) is 4.72. The van der Waals surface area contributed by atoms with E-state index in [9.17, 15) is 9.90 Å². The first-order valence-electron chi connectivity index (χ1n) is 7.70. The molecule has 2 rings (SSSR count). The van der Waals surface area contributed by atoms with E-state index in [0.717, 1.165) is 19.0 Å². The number of aliphatic carboxylic acids is 1. The number of rotatable bonds is 5. The lowest BCUT2D eigenvalue weighted by Crippen LogP contribution is -2.44. The predicted molar refractivity (Wildman–Crippen MR) is 74.2 cm³/mol. The van der Waals surface area contributed by atoms with Gasteiger partial charge in [-0.15, -0.1) is 0 Å². The van der Waals surface area contributed by atoms with Gasteiger partial charge in [0, 0.05) is 13.2 Å². The minimum atomic E-state index is -0.681. The second-order valence-electron chi connectivity index (χ2n) is 6.25. The summed E-state index contributed by atoms with van der Waals surface area (Å²) in [6, 6.07) is 0. The van der Waals surface area contributed by atoms with Crippen molar-refractivity contribution in [2.24, 2.45) is 11.3 Å². The highest BCUT2D eigenvalue weighted by Crippen LogP contribution is 2.31. The van der Waals surface area contributed by atoms with Gasteiger partial charge in [-0.1, -0.05) is 19.8 Å². The van der Waals surface area contributed by atoms with Crippen LogP contribution in [0.1, 0.15) is 45.4 Å². The molecule has 4 heteroatoms. The van der Waals surface area contributed by atoms with E-state index in [4.69, 9.17) is 4.74 Å². The molecule has 0 aromatic rings. The lowest BCUT2D eigenvalue weighted by Gasteiger charge is -2.30. The van der Waals surface area contributed by atoms with Gasteiger partial charge in [-0.05, 0) is 44.7 Å². The van der Waals surface area contributed by atoms with E-state index in [1.165, 1.54) is 32.1 Å². The fraction of sp³-hybridized carbons (Fsp3) is 0.933. The van der Waals surface area contributed by atoms with E-state index in [-0.39, 0.29) is 0 Å². The number of nitrogens with zero attached hydrogens (tertiary/aromatic N) is 1. The molecule has 2 aliphatic heterocycles. The summed E-state index contributed by atoms with van der Waals surface area (Å²) in [7, 11) is 0. The van der Waals surface area contributed by atoms with Crippen molar-refractivity contribution in [1.29, 1.82) is 0 Å². The van der Waals surface area contributed by atoms with Crippen LogP contribution in [0.4, 0.5) is 0 Å². The van der Waals surface area contributed by atoms with Crippen LogP contribution in [0.5, 0.6) is 0 Å². The number of carboxylic acid groups (broad SMARTS) is 1. The van der Waals surface area contributed by atoms with Crippen molar-refractivity contribution in [3.05, 3.63) is 0 Å². The van der Waals surface area contributed by atoms with Crippen LogP contribution in [-0.2, 0) is 9.53 Å². The third kappa shape index (κ3) is 3.69. The van der Waals surface area contributed by atoms with Crippen molar-refractivity contribution in [1.82, 2.24) is 4.90 Å². The van der Waals surface area contributed by atoms with Crippen LogP contribution in [0, 0.1) is 11.3 Å². The summed E-state index contributed by atoms with van der Waals surface area (Å²) in [4.78, 5) is 13.9. The van der Waals surface area contributed by atoms with Crippen molar-refractivity contribution in [2.75, 3.05) is 32.8 Å². The van der Waals surface area contributed by atoms with Gasteiger partial charge in [0.1, 0.15) is 5.41 Å². The van der Waals surface area contributed by atoms with Gasteiger partial charge in [0.05, 0.1) is 6.61 Å². The fourth-order valence-corrected chi connectivity index (χ4v) is 3.48. The first-order chi connectivity index (χ1) is 9.16. The molecule has 0 radical (unpaired) electrons. The lowest BCUT2D eigenvalue weighted by atomic mass is 9.86. The van der Waals surface area contributed by atoms with E-state index < -0.39 is 11.4 Å². The van der Waals surface area contributed by atoms with Gasteiger partial charge >= 0.3 is 5.97 Å². The largest absolute Gasteiger partial charge is 0.481 e. The molecule has 0 bridgehead atoms. The highest BCUT2D eigenvalue weighted by atomic mass is 16.5. The third-order valence-electron chi connectivity index (χ3n) is 4.72. The molecule has 2 aliphatic rings. The van der Waals surface area contributed by atoms with Crippen molar-refractivity contribution < 1.29 is 14.6 Å². The lowest BCUT2D eigenvalue weighted by molar-refractivity contribution is -0.150. The molecule has 2 atom stereocenters. The van der Waals surface area contributed by atoms with Gasteiger partial charge in [-0.2, -0.15) is 0 Å². The first kappa shape index (κ1) is 14.8. The van der Waals surface area contributed by atoms with Crippen molar-refractivity contribution in [3.63, 3.8) is 0 Å². The number of likely N-dealkylation sites (tertiary alicyclic amines) is 1. The second-order valence-corrected chi connectivity index (χ2v) is 6.25. The molecule has 0 aromatic heterocycles. The molecule has 2 heterocycles. The Morgan fingerprint density at radius 2 is 2.26 bits per heavy atom. The van der Waals surface area contributed by atoms with Crippen LogP contribution in [0.25, 0.3) is 0 Å². The van der Waals surface area contributed by atoms with E-state index in [2.05, 4.69) is 11.8 Å². The highest BCUT2D eigenvalue weighted by molar-refractivity contribution is 5.75. The molecular weight excluding hydrogens is 242 g/mol. The zero-order valence-corrected chi connectivity index (χ0v) is 12.1. The Bertz CT molecular complexity index is 300. The topological polar surface area (TPSA) is 49.8 Å². The Labute approximate surface area is 116 Å². The Morgan fingerprint density at radius 1 is 1.42 bits per heavy atom. The zero-order chi connectivity index (χ0) is 13.7. The normalized spacial score (nSPS) is 33.2. The summed E-state index contributed by atoms with van der Waals surface area (Å²) in [5.41, 5.74) is -0.648. The molecular formula is C15H27NO3. The van der Waals surface area contributed by atoms with Gasteiger partial charge in [0.2, 0.25) is 0 Å². The SMILES string of the molecule is CCCC1CCCN(CC2(C(=O)O)CCOC2)CC1. The molecule has 2 saturated heterocycles. The Morgan fingerprint density at radius 3 is 2.89 bits per heavy atom. The number of carbonyl (C=O) groups is 1. The second kappa shape index (κ2) is 6.71. The number of ether oxygens (including phenoxy) is 1. The van der Waals surface area contributed by atoms with Gasteiger partial charge in [-0.3, -0.25) is 4.79 Å². The molecule has 2 unspecified atom stereocenters. The molecule has 4 nitrogen and oxygen atoms in total. The Balaban J connectivity index is 1.89. The minimum absolute atomic E-state index is 0.386. The summed E-state index contributed by atoms with van der Waals surface area (Å²) in [5, 5.41) is 9.49. The van der Waals surface area contributed by atoms with E-state index >= 15 is 0 Å². The molecule has 0 spiro atoms. The van der Waals surface area contributed by atoms with Crippen LogP contribution in [0.15, 0.2) is 0 Å². The molecule has 0 aliphatic carbocycles. The smallest absolute Gasteiger partial charge is 0.313 e. The fourth-order valence-electron chi connectivity index (χ4n) is 3.48. The zero-order valence-electron chi connectivity index (χ0n) is 12.1. The Kier molecular flexibility index (Phi) is 5.22. The van der Waals surface area contributed by atoms with Crippen LogP contribution < -0.4 is 0 Å². The van der Waals surface area contributed by atoms with Crippen molar-refractivity contribution in [2.45, 2.75) is 45.4 Å². The van der Waals surface area contributed by atoms with E-state index in [1.54, 1.807) is 0 Å². The number of hydrogen-bond donors (Lipinski definition) is 1. The van der Waals surface area contributed by atoms with Gasteiger partial charge in [0.15, 0.2) is 0 Å². The maximum Gasteiger partial charge on any atom is 0.313 e. The van der Waals surface area contributed by atoms with Crippen molar-refractivity contribution >= 4 is 5.97 Å². The van der Waals surface area contributed by atoms with Crippen molar-refractivity contribution in [3.8, 4) is 0 Å². The van der Waals surface area contributed by atoms with Crippen LogP contribution in [-0.4, -0.2) is 48.8 Å². The quantitative estimate of drug-likeness (QED) is 0.832. The molecule has 0 amide bonds. The van der Waals surface area contributed by atoms with E-state index in [0.29, 0.717) is 26.2 Å². The highest BCUT2D eigenvalue weighted by Gasteiger charge is 2.43. The maximum atomic E-state index is 11.5. The summed E-state index contributed by atoms with van der Waals surface area (Å²) in [6.07, 6.45) is 6.99. The van der Waals surface area contributed by atoms with Gasteiger partial charge in [0.25, 0.3) is 0 Å². The number of carboxylic acids is 1. The average Bonchev–Trinajstić information content (AvgIpc) is 2.75. The van der Waals surface area contributed by atoms with Gasteiger partial charge in [-0.25, -0.2) is 0 Å². The number of hydrogen-bond acceptors (Lipinski definition) is 3. The minimum Gasteiger partial charge on any atom is -0.481 e. The van der Waals surface area contributed by atoms with Crippen LogP contribution in [0.3, 0.4) is 0 Å². The Hall–Kier alpha value is -0.610. The van der Waals surface area contributed by atoms with E-state index in [1.807, 2.05) is 0 Å². The molecule has 110 valence electrons. The molecule has 1 N–H and O–H groups in total. The summed E-state index contributed by atoms with van der Waals surface area (Å²) >= 11 is 0. The molecule has 19 heavy (non-hydrogen) atoms. The average molecular weight is 269 g/mol. The summed E-state index contributed by atoms with van der Waals surface area (Å²) < 4.78 is 5.35. The first-order valence-corrected chi connectivity index (χ1v) is 7.70. The summed E-state index contributed by atoms with van der Waals surface area (Å²) in [6.45, 7) is 6.00. The predicted octanol–water partition coefficient (Wildman–Crippen LogP) is 2.38. The molecule has 0 aromatic carbocycles. The van der Waals surface area contributed by atoms with Crippen LogP contribution in [0.2, 0.25) is 0 Å². The standard InChI is InChI=1S/C15H27NO3/c1-2-4-13-5-3-8-16(9-6-13)11-15(14(17)18)7-10-19-12-15/h13H,2-12H2,1H3,(H,17,18). The monoisotopic (exact) mass is 269 g/mol.